The van der Waals surface area contributed by atoms with E-state index >= 15 is 0 Å². The molecule has 0 spiro atoms. The van der Waals surface area contributed by atoms with Crippen molar-refractivity contribution in [2.24, 2.45) is 11.8 Å². The highest BCUT2D eigenvalue weighted by Crippen LogP contribution is 2.51. The summed E-state index contributed by atoms with van der Waals surface area (Å²) in [7, 11) is 5.09. The fourth-order valence-electron chi connectivity index (χ4n) is 4.72. The van der Waals surface area contributed by atoms with Crippen molar-refractivity contribution in [1.29, 1.82) is 0 Å². The summed E-state index contributed by atoms with van der Waals surface area (Å²) < 4.78 is 0. The molecule has 0 bridgehead atoms. The van der Waals surface area contributed by atoms with E-state index in [1.54, 1.807) is 33.0 Å². The highest BCUT2D eigenvalue weighted by molar-refractivity contribution is 8.03. The number of aliphatic carboxylic acids is 1. The van der Waals surface area contributed by atoms with Gasteiger partial charge in [-0.1, -0.05) is 6.92 Å². The Morgan fingerprint density at radius 1 is 1.35 bits per heavy atom. The lowest BCUT2D eigenvalue weighted by Crippen LogP contribution is -2.66. The number of hydrogen-bond donors (Lipinski definition) is 4. The van der Waals surface area contributed by atoms with Crippen molar-refractivity contribution in [2.75, 3.05) is 34.2 Å². The minimum absolute atomic E-state index is 0.000190. The van der Waals surface area contributed by atoms with Gasteiger partial charge in [0.05, 0.1) is 24.5 Å². The van der Waals surface area contributed by atoms with Crippen LogP contribution in [0.3, 0.4) is 0 Å². The number of amides is 3. The van der Waals surface area contributed by atoms with E-state index in [2.05, 4.69) is 16.0 Å². The number of hydrogen-bond acceptors (Lipinski definition) is 7. The van der Waals surface area contributed by atoms with E-state index in [0.29, 0.717) is 17.9 Å². The smallest absolute Gasteiger partial charge is 0.353 e. The van der Waals surface area contributed by atoms with Crippen LogP contribution < -0.4 is 16.0 Å². The normalized spacial score (nSPS) is 30.7. The van der Waals surface area contributed by atoms with Gasteiger partial charge < -0.3 is 30.9 Å². The summed E-state index contributed by atoms with van der Waals surface area (Å²) in [5.41, 5.74) is 0.0416. The lowest BCUT2D eigenvalue weighted by Gasteiger charge is -2.47. The van der Waals surface area contributed by atoms with Crippen molar-refractivity contribution in [3.05, 3.63) is 10.6 Å². The number of thioether (sulfide) groups is 1. The van der Waals surface area contributed by atoms with Gasteiger partial charge in [0.15, 0.2) is 0 Å². The molecule has 31 heavy (non-hydrogen) atoms. The molecule has 0 aromatic carbocycles. The number of rotatable bonds is 8. The van der Waals surface area contributed by atoms with Crippen LogP contribution in [0.25, 0.3) is 0 Å². The van der Waals surface area contributed by atoms with Gasteiger partial charge in [-0.3, -0.25) is 14.4 Å². The Bertz CT molecular complexity index is 816. The van der Waals surface area contributed by atoms with Gasteiger partial charge in [0.2, 0.25) is 17.7 Å². The number of carbonyl (C=O) groups is 4. The second-order valence-electron chi connectivity index (χ2n) is 8.59. The molecule has 0 aromatic heterocycles. The van der Waals surface area contributed by atoms with Gasteiger partial charge in [0.25, 0.3) is 0 Å². The minimum atomic E-state index is -1.12. The predicted octanol–water partition coefficient (Wildman–Crippen LogP) is -0.965. The molecule has 0 aromatic rings. The first-order chi connectivity index (χ1) is 14.6. The molecule has 0 aliphatic carbocycles. The van der Waals surface area contributed by atoms with Crippen molar-refractivity contribution in [3.8, 4) is 0 Å². The van der Waals surface area contributed by atoms with Gasteiger partial charge in [0.1, 0.15) is 5.70 Å². The Balaban J connectivity index is 1.74. The van der Waals surface area contributed by atoms with Crippen LogP contribution in [0, 0.1) is 11.8 Å². The Hall–Kier alpha value is -2.11. The molecule has 0 unspecified atom stereocenters. The van der Waals surface area contributed by atoms with E-state index in [-0.39, 0.29) is 53.2 Å². The number of likely N-dealkylation sites (N-methyl/N-ethyl adjacent to an activating group) is 2. The molecule has 6 atom stereocenters. The zero-order valence-electron chi connectivity index (χ0n) is 18.5. The molecular weight excluding hydrogens is 422 g/mol. The summed E-state index contributed by atoms with van der Waals surface area (Å²) in [5, 5.41) is 18.7. The van der Waals surface area contributed by atoms with E-state index in [1.807, 2.05) is 6.92 Å². The maximum atomic E-state index is 12.9. The number of fused-ring (bicyclic) bond motifs is 1. The molecule has 2 saturated heterocycles. The van der Waals surface area contributed by atoms with E-state index in [9.17, 15) is 24.3 Å². The molecule has 3 heterocycles. The average Bonchev–Trinajstić information content (AvgIpc) is 3.23. The summed E-state index contributed by atoms with van der Waals surface area (Å²) in [6.07, 6.45) is 0.601. The summed E-state index contributed by atoms with van der Waals surface area (Å²) in [6, 6.07) is -0.974. The minimum Gasteiger partial charge on any atom is -0.477 e. The fourth-order valence-corrected chi connectivity index (χ4v) is 6.20. The zero-order valence-corrected chi connectivity index (χ0v) is 19.3. The molecule has 3 rings (SSSR count). The summed E-state index contributed by atoms with van der Waals surface area (Å²) >= 11 is 1.45. The summed E-state index contributed by atoms with van der Waals surface area (Å²) in [6.45, 7) is 4.46. The monoisotopic (exact) mass is 453 g/mol. The first kappa shape index (κ1) is 23.6. The third-order valence-corrected chi connectivity index (χ3v) is 7.69. The van der Waals surface area contributed by atoms with E-state index < -0.39 is 17.9 Å². The van der Waals surface area contributed by atoms with Gasteiger partial charge in [-0.15, -0.1) is 11.8 Å². The number of carbonyl (C=O) groups excluding carboxylic acids is 3. The molecule has 0 radical (unpaired) electrons. The zero-order chi connectivity index (χ0) is 23.0. The van der Waals surface area contributed by atoms with Crippen molar-refractivity contribution in [3.63, 3.8) is 0 Å². The van der Waals surface area contributed by atoms with Crippen LogP contribution in [0.4, 0.5) is 0 Å². The molecular formula is C20H31N5O5S. The summed E-state index contributed by atoms with van der Waals surface area (Å²) in [4.78, 5) is 52.7. The molecule has 10 nitrogen and oxygen atoms in total. The van der Waals surface area contributed by atoms with Gasteiger partial charge >= 0.3 is 5.97 Å². The van der Waals surface area contributed by atoms with Crippen molar-refractivity contribution in [1.82, 2.24) is 25.8 Å². The maximum Gasteiger partial charge on any atom is 0.353 e. The highest BCUT2D eigenvalue weighted by atomic mass is 32.2. The van der Waals surface area contributed by atoms with Crippen LogP contribution in [0.15, 0.2) is 10.6 Å². The van der Waals surface area contributed by atoms with Crippen molar-refractivity contribution < 1.29 is 24.3 Å². The van der Waals surface area contributed by atoms with E-state index in [1.165, 1.54) is 16.7 Å². The molecule has 3 amide bonds. The largest absolute Gasteiger partial charge is 0.477 e. The Morgan fingerprint density at radius 2 is 2.03 bits per heavy atom. The molecule has 3 aliphatic rings. The molecule has 2 fully saturated rings. The Labute approximate surface area is 186 Å². The standard InChI is InChI=1S/C20H31N5O5S/c1-9-15-14(10(2)23-13(26)8-21-3)19(28)25(15)16(20(29)30)17(9)31-11-6-12(22-7-11)18(27)24(4)5/h9-12,14-15,21-22H,6-8H2,1-5H3,(H,23,26)(H,29,30)/t9-,10-,11+,12+,14-,15-/m1/s1. The van der Waals surface area contributed by atoms with Crippen molar-refractivity contribution >= 4 is 35.5 Å². The molecule has 0 saturated carbocycles. The quantitative estimate of drug-likeness (QED) is 0.346. The molecule has 3 aliphatic heterocycles. The number of β-lactam (4-membered cyclic amide) rings is 1. The van der Waals surface area contributed by atoms with Gasteiger partial charge in [-0.05, 0) is 20.4 Å². The van der Waals surface area contributed by atoms with Gasteiger partial charge in [0, 0.05) is 42.8 Å². The maximum absolute atomic E-state index is 12.9. The first-order valence-electron chi connectivity index (χ1n) is 10.4. The second kappa shape index (κ2) is 9.17. The van der Waals surface area contributed by atoms with Crippen LogP contribution in [0.5, 0.6) is 0 Å². The number of carboxylic acid groups (broad SMARTS) is 1. The second-order valence-corrected chi connectivity index (χ2v) is 9.93. The molecule has 4 N–H and O–H groups in total. The first-order valence-corrected chi connectivity index (χ1v) is 11.3. The fraction of sp³-hybridized carbons (Fsp3) is 0.700. The van der Waals surface area contributed by atoms with Gasteiger partial charge in [-0.25, -0.2) is 4.79 Å². The number of carboxylic acids is 1. The van der Waals surface area contributed by atoms with Crippen LogP contribution >= 0.6 is 11.8 Å². The van der Waals surface area contributed by atoms with Crippen LogP contribution in [0.1, 0.15) is 20.3 Å². The van der Waals surface area contributed by atoms with Crippen LogP contribution in [0.2, 0.25) is 0 Å². The number of nitrogens with one attached hydrogen (secondary N) is 3. The molecule has 172 valence electrons. The predicted molar refractivity (Wildman–Crippen MR) is 116 cm³/mol. The third kappa shape index (κ3) is 4.31. The highest BCUT2D eigenvalue weighted by Gasteiger charge is 2.60. The van der Waals surface area contributed by atoms with Crippen LogP contribution in [-0.4, -0.2) is 96.2 Å². The lowest BCUT2D eigenvalue weighted by molar-refractivity contribution is -0.158. The Morgan fingerprint density at radius 3 is 2.61 bits per heavy atom. The lowest BCUT2D eigenvalue weighted by atomic mass is 9.78. The average molecular weight is 454 g/mol. The van der Waals surface area contributed by atoms with Crippen molar-refractivity contribution in [2.45, 2.75) is 43.6 Å². The van der Waals surface area contributed by atoms with Crippen LogP contribution in [-0.2, 0) is 19.2 Å². The third-order valence-electron chi connectivity index (χ3n) is 6.18. The number of nitrogens with zero attached hydrogens (tertiary/aromatic N) is 2. The van der Waals surface area contributed by atoms with Gasteiger partial charge in [-0.2, -0.15) is 0 Å². The molecule has 11 heteroatoms. The Kier molecular flexibility index (Phi) is 6.97. The summed E-state index contributed by atoms with van der Waals surface area (Å²) in [5.74, 6) is -2.23. The SMILES string of the molecule is CNCC(=O)N[C@H](C)[C@H]1C(=O)N2C(C(=O)O)=C(S[C@@H]3CN[C@H](C(=O)N(C)C)C3)[C@H](C)[C@H]12. The van der Waals surface area contributed by atoms with E-state index in [0.717, 1.165) is 0 Å². The topological polar surface area (TPSA) is 131 Å². The van der Waals surface area contributed by atoms with E-state index in [4.69, 9.17) is 0 Å².